The summed E-state index contributed by atoms with van der Waals surface area (Å²) in [5.41, 5.74) is 10.2. The summed E-state index contributed by atoms with van der Waals surface area (Å²) in [6, 6.07) is -1.63. The SMILES string of the molecule is CC(NNC(CCCCN)C(=O)O)C(=O)O. The Hall–Kier alpha value is -1.18. The molecule has 94 valence electrons. The Bertz CT molecular complexity index is 235. The molecule has 0 fully saturated rings. The normalized spacial score (nSPS) is 14.4. The van der Waals surface area contributed by atoms with Crippen molar-refractivity contribution in [2.45, 2.75) is 38.3 Å². The summed E-state index contributed by atoms with van der Waals surface area (Å²) < 4.78 is 0. The van der Waals surface area contributed by atoms with Crippen LogP contribution in [0.3, 0.4) is 0 Å². The maximum Gasteiger partial charge on any atom is 0.322 e. The Morgan fingerprint density at radius 3 is 2.25 bits per heavy atom. The van der Waals surface area contributed by atoms with Gasteiger partial charge in [0.2, 0.25) is 0 Å². The summed E-state index contributed by atoms with van der Waals surface area (Å²) in [6.45, 7) is 1.94. The van der Waals surface area contributed by atoms with E-state index < -0.39 is 24.0 Å². The molecule has 6 N–H and O–H groups in total. The highest BCUT2D eigenvalue weighted by Gasteiger charge is 2.18. The van der Waals surface area contributed by atoms with Gasteiger partial charge in [-0.15, -0.1) is 0 Å². The molecule has 0 aliphatic carbocycles. The molecule has 7 nitrogen and oxygen atoms in total. The summed E-state index contributed by atoms with van der Waals surface area (Å²) in [7, 11) is 0. The molecular formula is C9H19N3O4. The van der Waals surface area contributed by atoms with E-state index >= 15 is 0 Å². The number of hydrogen-bond acceptors (Lipinski definition) is 5. The largest absolute Gasteiger partial charge is 0.480 e. The van der Waals surface area contributed by atoms with Crippen molar-refractivity contribution in [1.82, 2.24) is 10.9 Å². The van der Waals surface area contributed by atoms with E-state index in [2.05, 4.69) is 10.9 Å². The number of carbonyl (C=O) groups is 2. The lowest BCUT2D eigenvalue weighted by molar-refractivity contribution is -0.142. The fourth-order valence-corrected chi connectivity index (χ4v) is 1.04. The molecule has 0 aliphatic rings. The topological polar surface area (TPSA) is 125 Å². The second-order valence-corrected chi connectivity index (χ2v) is 3.52. The Labute approximate surface area is 94.0 Å². The van der Waals surface area contributed by atoms with Crippen LogP contribution in [-0.2, 0) is 9.59 Å². The second-order valence-electron chi connectivity index (χ2n) is 3.52. The number of carboxylic acid groups (broad SMARTS) is 2. The van der Waals surface area contributed by atoms with Gasteiger partial charge in [0.1, 0.15) is 12.1 Å². The number of unbranched alkanes of at least 4 members (excludes halogenated alkanes) is 1. The maximum atomic E-state index is 10.8. The Morgan fingerprint density at radius 1 is 1.19 bits per heavy atom. The monoisotopic (exact) mass is 233 g/mol. The number of rotatable bonds is 9. The van der Waals surface area contributed by atoms with Crippen molar-refractivity contribution in [3.8, 4) is 0 Å². The molecular weight excluding hydrogens is 214 g/mol. The first-order chi connectivity index (χ1) is 7.49. The van der Waals surface area contributed by atoms with Gasteiger partial charge in [0.25, 0.3) is 0 Å². The number of nitrogens with two attached hydrogens (primary N) is 1. The van der Waals surface area contributed by atoms with Gasteiger partial charge in [-0.1, -0.05) is 0 Å². The van der Waals surface area contributed by atoms with E-state index in [0.29, 0.717) is 19.4 Å². The number of aliphatic carboxylic acids is 2. The van der Waals surface area contributed by atoms with Gasteiger partial charge >= 0.3 is 11.9 Å². The smallest absolute Gasteiger partial charge is 0.322 e. The fraction of sp³-hybridized carbons (Fsp3) is 0.778. The molecule has 0 bridgehead atoms. The molecule has 16 heavy (non-hydrogen) atoms. The van der Waals surface area contributed by atoms with Gasteiger partial charge in [0, 0.05) is 0 Å². The lowest BCUT2D eigenvalue weighted by Gasteiger charge is -2.17. The molecule has 0 rings (SSSR count). The summed E-state index contributed by atoms with van der Waals surface area (Å²) in [4.78, 5) is 21.3. The van der Waals surface area contributed by atoms with Gasteiger partial charge in [-0.05, 0) is 32.7 Å². The van der Waals surface area contributed by atoms with Crippen LogP contribution in [0.25, 0.3) is 0 Å². The van der Waals surface area contributed by atoms with Gasteiger partial charge in [0.05, 0.1) is 0 Å². The fourth-order valence-electron chi connectivity index (χ4n) is 1.04. The van der Waals surface area contributed by atoms with Crippen molar-refractivity contribution in [3.63, 3.8) is 0 Å². The van der Waals surface area contributed by atoms with Gasteiger partial charge < -0.3 is 15.9 Å². The summed E-state index contributed by atoms with van der Waals surface area (Å²) in [5, 5.41) is 17.4. The van der Waals surface area contributed by atoms with Crippen LogP contribution in [0.2, 0.25) is 0 Å². The predicted octanol–water partition coefficient (Wildman–Crippen LogP) is -0.864. The van der Waals surface area contributed by atoms with Crippen molar-refractivity contribution >= 4 is 11.9 Å². The first-order valence-corrected chi connectivity index (χ1v) is 5.15. The van der Waals surface area contributed by atoms with Crippen LogP contribution in [0, 0.1) is 0 Å². The molecule has 7 heteroatoms. The Morgan fingerprint density at radius 2 is 1.81 bits per heavy atom. The molecule has 0 aromatic heterocycles. The van der Waals surface area contributed by atoms with Crippen LogP contribution in [0.4, 0.5) is 0 Å². The molecule has 0 aromatic carbocycles. The van der Waals surface area contributed by atoms with E-state index in [4.69, 9.17) is 15.9 Å². The Kier molecular flexibility index (Phi) is 7.44. The van der Waals surface area contributed by atoms with E-state index in [1.54, 1.807) is 0 Å². The highest BCUT2D eigenvalue weighted by molar-refractivity contribution is 5.74. The van der Waals surface area contributed by atoms with Crippen LogP contribution < -0.4 is 16.6 Å². The zero-order valence-electron chi connectivity index (χ0n) is 9.27. The number of hydrogen-bond donors (Lipinski definition) is 5. The summed E-state index contributed by atoms with van der Waals surface area (Å²) in [5.74, 6) is -2.05. The van der Waals surface area contributed by atoms with Gasteiger partial charge in [-0.3, -0.25) is 9.59 Å². The average Bonchev–Trinajstić information content (AvgIpc) is 2.21. The molecule has 2 atom stereocenters. The predicted molar refractivity (Wildman–Crippen MR) is 57.7 cm³/mol. The first kappa shape index (κ1) is 14.8. The third-order valence-electron chi connectivity index (χ3n) is 2.09. The molecule has 0 saturated carbocycles. The van der Waals surface area contributed by atoms with E-state index in [1.807, 2.05) is 0 Å². The van der Waals surface area contributed by atoms with Gasteiger partial charge in [-0.25, -0.2) is 10.9 Å². The van der Waals surface area contributed by atoms with Crippen molar-refractivity contribution in [2.24, 2.45) is 5.73 Å². The minimum atomic E-state index is -1.04. The van der Waals surface area contributed by atoms with E-state index in [0.717, 1.165) is 6.42 Å². The van der Waals surface area contributed by atoms with Crippen molar-refractivity contribution in [2.75, 3.05) is 6.54 Å². The first-order valence-electron chi connectivity index (χ1n) is 5.15. The zero-order chi connectivity index (χ0) is 12.6. The van der Waals surface area contributed by atoms with Crippen LogP contribution in [-0.4, -0.2) is 40.8 Å². The molecule has 0 radical (unpaired) electrons. The minimum Gasteiger partial charge on any atom is -0.480 e. The van der Waals surface area contributed by atoms with Gasteiger partial charge in [0.15, 0.2) is 0 Å². The molecule has 0 heterocycles. The van der Waals surface area contributed by atoms with Crippen molar-refractivity contribution in [1.29, 1.82) is 0 Å². The lowest BCUT2D eigenvalue weighted by Crippen LogP contribution is -2.51. The molecule has 2 unspecified atom stereocenters. The van der Waals surface area contributed by atoms with Crippen molar-refractivity contribution < 1.29 is 19.8 Å². The Balaban J connectivity index is 3.94. The highest BCUT2D eigenvalue weighted by atomic mass is 16.4. The van der Waals surface area contributed by atoms with Crippen LogP contribution in [0.1, 0.15) is 26.2 Å². The molecule has 0 aromatic rings. The zero-order valence-corrected chi connectivity index (χ0v) is 9.27. The van der Waals surface area contributed by atoms with Crippen LogP contribution >= 0.6 is 0 Å². The summed E-state index contributed by atoms with van der Waals surface area (Å²) >= 11 is 0. The standard InChI is InChI=1S/C9H19N3O4/c1-6(8(13)14)11-12-7(9(15)16)4-2-3-5-10/h6-7,11-12H,2-5,10H2,1H3,(H,13,14)(H,15,16). The molecule has 0 amide bonds. The number of nitrogens with one attached hydrogen (secondary N) is 2. The third kappa shape index (κ3) is 6.33. The van der Waals surface area contributed by atoms with Crippen LogP contribution in [0.5, 0.6) is 0 Å². The van der Waals surface area contributed by atoms with E-state index in [-0.39, 0.29) is 0 Å². The number of carboxylic acids is 2. The minimum absolute atomic E-state index is 0.409. The van der Waals surface area contributed by atoms with Gasteiger partial charge in [-0.2, -0.15) is 0 Å². The highest BCUT2D eigenvalue weighted by Crippen LogP contribution is 1.99. The average molecular weight is 233 g/mol. The molecule has 0 aliphatic heterocycles. The van der Waals surface area contributed by atoms with E-state index in [9.17, 15) is 9.59 Å². The maximum absolute atomic E-state index is 10.8. The molecule has 0 saturated heterocycles. The lowest BCUT2D eigenvalue weighted by atomic mass is 10.1. The van der Waals surface area contributed by atoms with Crippen molar-refractivity contribution in [3.05, 3.63) is 0 Å². The summed E-state index contributed by atoms with van der Waals surface area (Å²) in [6.07, 6.45) is 1.84. The number of hydrazine groups is 1. The van der Waals surface area contributed by atoms with E-state index in [1.165, 1.54) is 6.92 Å². The van der Waals surface area contributed by atoms with Crippen LogP contribution in [0.15, 0.2) is 0 Å². The third-order valence-corrected chi connectivity index (χ3v) is 2.09. The molecule has 0 spiro atoms. The second kappa shape index (κ2) is 8.03. The quantitative estimate of drug-likeness (QED) is 0.259.